The summed E-state index contributed by atoms with van der Waals surface area (Å²) in [7, 11) is 0. The second kappa shape index (κ2) is 5.77. The van der Waals surface area contributed by atoms with Gasteiger partial charge in [0.2, 0.25) is 5.91 Å². The van der Waals surface area contributed by atoms with Crippen LogP contribution in [0, 0.1) is 5.92 Å². The molecule has 0 aliphatic rings. The molecule has 0 aromatic rings. The van der Waals surface area contributed by atoms with Gasteiger partial charge >= 0.3 is 0 Å². The molecule has 0 saturated heterocycles. The Morgan fingerprint density at radius 1 is 1.46 bits per heavy atom. The van der Waals surface area contributed by atoms with E-state index in [9.17, 15) is 4.79 Å². The van der Waals surface area contributed by atoms with Gasteiger partial charge in [0.15, 0.2) is 0 Å². The molecule has 0 saturated carbocycles. The van der Waals surface area contributed by atoms with Crippen LogP contribution in [0.4, 0.5) is 0 Å². The zero-order valence-corrected chi connectivity index (χ0v) is 10.0. The quantitative estimate of drug-likeness (QED) is 0.491. The molecule has 0 aliphatic carbocycles. The number of amides is 1. The lowest BCUT2D eigenvalue weighted by molar-refractivity contribution is -0.126. The van der Waals surface area contributed by atoms with E-state index < -0.39 is 5.54 Å². The minimum absolute atomic E-state index is 0.138. The van der Waals surface area contributed by atoms with Gasteiger partial charge < -0.3 is 15.5 Å². The number of aliphatic hydroxyl groups is 2. The van der Waals surface area contributed by atoms with Crippen LogP contribution in [0.1, 0.15) is 13.8 Å². The predicted molar refractivity (Wildman–Crippen MR) is 58.8 cm³/mol. The fourth-order valence-electron chi connectivity index (χ4n) is 0.653. The normalized spacial score (nSPS) is 11.8. The summed E-state index contributed by atoms with van der Waals surface area (Å²) in [6, 6.07) is 0. The number of rotatable bonds is 5. The highest BCUT2D eigenvalue weighted by Gasteiger charge is 2.29. The van der Waals surface area contributed by atoms with Crippen LogP contribution < -0.4 is 5.32 Å². The molecule has 0 rings (SSSR count). The van der Waals surface area contributed by atoms with Gasteiger partial charge in [0.25, 0.3) is 0 Å². The molecule has 78 valence electrons. The van der Waals surface area contributed by atoms with Gasteiger partial charge in [-0.05, 0) is 0 Å². The van der Waals surface area contributed by atoms with Crippen LogP contribution in [-0.4, -0.2) is 39.3 Å². The molecular weight excluding hydrogens is 285 g/mol. The molecule has 4 nitrogen and oxygen atoms in total. The van der Waals surface area contributed by atoms with Crippen molar-refractivity contribution in [1.82, 2.24) is 5.32 Å². The number of hydrogen-bond acceptors (Lipinski definition) is 3. The summed E-state index contributed by atoms with van der Waals surface area (Å²) in [5, 5.41) is 20.7. The highest BCUT2D eigenvalue weighted by atomic mass is 127. The molecule has 0 fully saturated rings. The Kier molecular flexibility index (Phi) is 5.82. The van der Waals surface area contributed by atoms with Gasteiger partial charge in [0, 0.05) is 10.3 Å². The summed E-state index contributed by atoms with van der Waals surface area (Å²) in [4.78, 5) is 11.3. The topological polar surface area (TPSA) is 69.6 Å². The molecular formula is C8H16INO3. The smallest absolute Gasteiger partial charge is 0.223 e. The Labute approximate surface area is 91.9 Å². The predicted octanol–water partition coefficient (Wildman–Crippen LogP) is -0.0830. The maximum absolute atomic E-state index is 11.3. The maximum atomic E-state index is 11.3. The lowest BCUT2D eigenvalue weighted by atomic mass is 10.0. The van der Waals surface area contributed by atoms with Crippen LogP contribution in [0.25, 0.3) is 0 Å². The molecule has 0 aliphatic heterocycles. The standard InChI is InChI=1S/C8H16INO3/c1-6(2)7(13)10-8(3-9,4-11)5-12/h6,11-12H,3-5H2,1-2H3,(H,10,13). The Balaban J connectivity index is 4.33. The fraction of sp³-hybridized carbons (Fsp3) is 0.875. The molecule has 0 radical (unpaired) electrons. The first kappa shape index (κ1) is 13.1. The van der Waals surface area contributed by atoms with Gasteiger partial charge in [0.1, 0.15) is 0 Å². The van der Waals surface area contributed by atoms with Gasteiger partial charge in [-0.2, -0.15) is 0 Å². The van der Waals surface area contributed by atoms with Crippen LogP contribution in [0.3, 0.4) is 0 Å². The average Bonchev–Trinajstić information content (AvgIpc) is 2.14. The van der Waals surface area contributed by atoms with Crippen molar-refractivity contribution in [1.29, 1.82) is 0 Å². The second-order valence-electron chi connectivity index (χ2n) is 3.37. The van der Waals surface area contributed by atoms with Crippen molar-refractivity contribution in [3.63, 3.8) is 0 Å². The molecule has 5 heteroatoms. The summed E-state index contributed by atoms with van der Waals surface area (Å²) < 4.78 is 0.482. The summed E-state index contributed by atoms with van der Waals surface area (Å²) in [6.07, 6.45) is 0. The summed E-state index contributed by atoms with van der Waals surface area (Å²) in [5.41, 5.74) is -0.873. The molecule has 13 heavy (non-hydrogen) atoms. The van der Waals surface area contributed by atoms with E-state index in [1.54, 1.807) is 13.8 Å². The lowest BCUT2D eigenvalue weighted by Crippen LogP contribution is -2.56. The van der Waals surface area contributed by atoms with Crippen LogP contribution in [0.15, 0.2) is 0 Å². The number of halogens is 1. The Morgan fingerprint density at radius 3 is 2.15 bits per heavy atom. The number of nitrogens with one attached hydrogen (secondary N) is 1. The average molecular weight is 301 g/mol. The Bertz CT molecular complexity index is 161. The van der Waals surface area contributed by atoms with Crippen molar-refractivity contribution in [3.8, 4) is 0 Å². The molecule has 0 aromatic heterocycles. The van der Waals surface area contributed by atoms with Crippen molar-refractivity contribution >= 4 is 28.5 Å². The fourth-order valence-corrected chi connectivity index (χ4v) is 1.33. The van der Waals surface area contributed by atoms with E-state index in [4.69, 9.17) is 10.2 Å². The third-order valence-electron chi connectivity index (χ3n) is 1.77. The van der Waals surface area contributed by atoms with Gasteiger partial charge in [-0.1, -0.05) is 36.4 Å². The van der Waals surface area contributed by atoms with E-state index in [0.29, 0.717) is 4.43 Å². The monoisotopic (exact) mass is 301 g/mol. The first-order chi connectivity index (χ1) is 6.01. The minimum Gasteiger partial charge on any atom is -0.394 e. The van der Waals surface area contributed by atoms with E-state index in [0.717, 1.165) is 0 Å². The molecule has 0 unspecified atom stereocenters. The highest BCUT2D eigenvalue weighted by molar-refractivity contribution is 14.1. The zero-order valence-electron chi connectivity index (χ0n) is 7.88. The number of carbonyl (C=O) groups excluding carboxylic acids is 1. The van der Waals surface area contributed by atoms with E-state index >= 15 is 0 Å². The van der Waals surface area contributed by atoms with E-state index in [-0.39, 0.29) is 25.0 Å². The van der Waals surface area contributed by atoms with Crippen molar-refractivity contribution < 1.29 is 15.0 Å². The number of alkyl halides is 1. The van der Waals surface area contributed by atoms with Crippen LogP contribution in [-0.2, 0) is 4.79 Å². The van der Waals surface area contributed by atoms with Gasteiger partial charge in [0.05, 0.1) is 18.8 Å². The van der Waals surface area contributed by atoms with Crippen LogP contribution in [0.5, 0.6) is 0 Å². The van der Waals surface area contributed by atoms with E-state index in [1.807, 2.05) is 22.6 Å². The SMILES string of the molecule is CC(C)C(=O)NC(CO)(CO)CI. The van der Waals surface area contributed by atoms with Gasteiger partial charge in [-0.25, -0.2) is 0 Å². The summed E-state index contributed by atoms with van der Waals surface area (Å²) >= 11 is 2.02. The first-order valence-corrected chi connectivity index (χ1v) is 5.63. The largest absolute Gasteiger partial charge is 0.394 e. The maximum Gasteiger partial charge on any atom is 0.223 e. The molecule has 3 N–H and O–H groups in total. The molecule has 0 bridgehead atoms. The number of aliphatic hydroxyl groups excluding tert-OH is 2. The third kappa shape index (κ3) is 3.78. The Hall–Kier alpha value is 0.120. The molecule has 0 aromatic carbocycles. The van der Waals surface area contributed by atoms with E-state index in [2.05, 4.69) is 5.32 Å². The Morgan fingerprint density at radius 2 is 1.92 bits per heavy atom. The van der Waals surface area contributed by atoms with Gasteiger partial charge in [-0.3, -0.25) is 4.79 Å². The van der Waals surface area contributed by atoms with Crippen molar-refractivity contribution in [2.45, 2.75) is 19.4 Å². The molecule has 0 heterocycles. The van der Waals surface area contributed by atoms with E-state index in [1.165, 1.54) is 0 Å². The molecule has 0 spiro atoms. The molecule has 0 atom stereocenters. The van der Waals surface area contributed by atoms with Crippen LogP contribution in [0.2, 0.25) is 0 Å². The summed E-state index contributed by atoms with van der Waals surface area (Å²) in [5.74, 6) is -0.291. The first-order valence-electron chi connectivity index (χ1n) is 4.11. The highest BCUT2D eigenvalue weighted by Crippen LogP contribution is 2.09. The lowest BCUT2D eigenvalue weighted by Gasteiger charge is -2.29. The second-order valence-corrected chi connectivity index (χ2v) is 4.14. The van der Waals surface area contributed by atoms with Crippen molar-refractivity contribution in [2.24, 2.45) is 5.92 Å². The number of carbonyl (C=O) groups is 1. The zero-order chi connectivity index (χ0) is 10.5. The van der Waals surface area contributed by atoms with Crippen molar-refractivity contribution in [3.05, 3.63) is 0 Å². The van der Waals surface area contributed by atoms with Crippen molar-refractivity contribution in [2.75, 3.05) is 17.6 Å². The number of hydrogen-bond donors (Lipinski definition) is 3. The summed E-state index contributed by atoms with van der Waals surface area (Å²) in [6.45, 7) is 3.04. The third-order valence-corrected chi connectivity index (χ3v) is 3.23. The van der Waals surface area contributed by atoms with Gasteiger partial charge in [-0.15, -0.1) is 0 Å². The van der Waals surface area contributed by atoms with Crippen LogP contribution >= 0.6 is 22.6 Å². The minimum atomic E-state index is -0.873. The molecule has 1 amide bonds.